The van der Waals surface area contributed by atoms with Gasteiger partial charge in [-0.05, 0) is 48.6 Å². The molecule has 150 valence electrons. The van der Waals surface area contributed by atoms with E-state index in [1.807, 2.05) is 24.3 Å². The highest BCUT2D eigenvalue weighted by Crippen LogP contribution is 2.38. The van der Waals surface area contributed by atoms with E-state index in [0.717, 1.165) is 46.1 Å². The van der Waals surface area contributed by atoms with Crippen molar-refractivity contribution in [3.8, 4) is 11.3 Å². The molecule has 0 atom stereocenters. The lowest BCUT2D eigenvalue weighted by Crippen LogP contribution is -2.14. The van der Waals surface area contributed by atoms with Crippen LogP contribution in [0.3, 0.4) is 0 Å². The van der Waals surface area contributed by atoms with Crippen LogP contribution in [0.5, 0.6) is 0 Å². The number of esters is 1. The van der Waals surface area contributed by atoms with Gasteiger partial charge in [0.1, 0.15) is 5.82 Å². The highest BCUT2D eigenvalue weighted by molar-refractivity contribution is 7.90. The van der Waals surface area contributed by atoms with Crippen molar-refractivity contribution in [1.29, 1.82) is 0 Å². The van der Waals surface area contributed by atoms with Crippen molar-refractivity contribution in [2.45, 2.75) is 24.2 Å². The van der Waals surface area contributed by atoms with Gasteiger partial charge in [0.05, 0.1) is 28.3 Å². The fourth-order valence-corrected chi connectivity index (χ4v) is 5.38. The zero-order chi connectivity index (χ0) is 20.8. The number of benzene rings is 2. The standard InChI is InChI=1S/C21H17ClFNO4S/c1-28-21(25)17-12-24(29(26,27)14-9-10-19(23)18(22)11-14)20-15-7-3-2-5-13(15)6-4-8-16(17)20/h2-3,5,7,9-12H,4,6,8H2,1H3. The van der Waals surface area contributed by atoms with E-state index in [1.54, 1.807) is 0 Å². The first-order valence-electron chi connectivity index (χ1n) is 8.96. The topological polar surface area (TPSA) is 65.4 Å². The van der Waals surface area contributed by atoms with Gasteiger partial charge in [0.15, 0.2) is 0 Å². The molecule has 4 rings (SSSR count). The van der Waals surface area contributed by atoms with E-state index >= 15 is 0 Å². The summed E-state index contributed by atoms with van der Waals surface area (Å²) in [5, 5.41) is -0.294. The van der Waals surface area contributed by atoms with Crippen LogP contribution in [-0.4, -0.2) is 25.5 Å². The monoisotopic (exact) mass is 433 g/mol. The average Bonchev–Trinajstić information content (AvgIpc) is 2.99. The predicted octanol–water partition coefficient (Wildman–Crippen LogP) is 4.46. The van der Waals surface area contributed by atoms with E-state index in [4.69, 9.17) is 16.3 Å². The summed E-state index contributed by atoms with van der Waals surface area (Å²) in [4.78, 5) is 12.2. The van der Waals surface area contributed by atoms with Crippen molar-refractivity contribution in [3.05, 3.63) is 76.2 Å². The molecule has 0 N–H and O–H groups in total. The van der Waals surface area contributed by atoms with E-state index in [9.17, 15) is 17.6 Å². The lowest BCUT2D eigenvalue weighted by atomic mass is 10.0. The van der Waals surface area contributed by atoms with E-state index in [2.05, 4.69) is 0 Å². The number of hydrogen-bond donors (Lipinski definition) is 0. The molecule has 0 radical (unpaired) electrons. The Hall–Kier alpha value is -2.64. The van der Waals surface area contributed by atoms with Crippen molar-refractivity contribution >= 4 is 27.6 Å². The van der Waals surface area contributed by atoms with Crippen LogP contribution in [-0.2, 0) is 27.6 Å². The summed E-state index contributed by atoms with van der Waals surface area (Å²) in [6.45, 7) is 0. The van der Waals surface area contributed by atoms with Crippen LogP contribution < -0.4 is 0 Å². The van der Waals surface area contributed by atoms with Crippen molar-refractivity contribution in [1.82, 2.24) is 3.97 Å². The van der Waals surface area contributed by atoms with Gasteiger partial charge in [-0.25, -0.2) is 21.6 Å². The first kappa shape index (κ1) is 19.7. The van der Waals surface area contributed by atoms with Crippen molar-refractivity contribution in [2.75, 3.05) is 7.11 Å². The van der Waals surface area contributed by atoms with Gasteiger partial charge in [0.25, 0.3) is 10.0 Å². The number of halogens is 2. The Morgan fingerprint density at radius 2 is 1.93 bits per heavy atom. The van der Waals surface area contributed by atoms with Crippen molar-refractivity contribution in [2.24, 2.45) is 0 Å². The van der Waals surface area contributed by atoms with Gasteiger partial charge < -0.3 is 4.74 Å². The smallest absolute Gasteiger partial charge is 0.339 e. The van der Waals surface area contributed by atoms with Gasteiger partial charge in [-0.1, -0.05) is 35.9 Å². The second-order valence-electron chi connectivity index (χ2n) is 6.75. The Balaban J connectivity index is 2.04. The summed E-state index contributed by atoms with van der Waals surface area (Å²) in [6, 6.07) is 10.7. The third-order valence-electron chi connectivity index (χ3n) is 5.08. The molecule has 1 aliphatic rings. The molecule has 0 unspecified atom stereocenters. The molecule has 1 aromatic heterocycles. The Kier molecular flexibility index (Phi) is 4.96. The van der Waals surface area contributed by atoms with Crippen molar-refractivity contribution < 1.29 is 22.3 Å². The molecule has 2 aromatic carbocycles. The lowest BCUT2D eigenvalue weighted by molar-refractivity contribution is 0.0599. The molecule has 0 saturated heterocycles. The first-order valence-corrected chi connectivity index (χ1v) is 10.8. The Morgan fingerprint density at radius 1 is 1.17 bits per heavy atom. The zero-order valence-electron chi connectivity index (χ0n) is 15.5. The number of fused-ring (bicyclic) bond motifs is 3. The summed E-state index contributed by atoms with van der Waals surface area (Å²) in [5.41, 5.74) is 3.00. The number of hydrogen-bond acceptors (Lipinski definition) is 4. The number of aromatic nitrogens is 1. The minimum atomic E-state index is -4.14. The van der Waals surface area contributed by atoms with Gasteiger partial charge in [0.2, 0.25) is 0 Å². The van der Waals surface area contributed by atoms with Crippen LogP contribution >= 0.6 is 11.6 Å². The summed E-state index contributed by atoms with van der Waals surface area (Å²) < 4.78 is 46.4. The molecule has 0 aliphatic heterocycles. The normalized spacial score (nSPS) is 13.3. The molecule has 0 saturated carbocycles. The highest BCUT2D eigenvalue weighted by atomic mass is 35.5. The predicted molar refractivity (Wildman–Crippen MR) is 107 cm³/mol. The molecule has 8 heteroatoms. The highest BCUT2D eigenvalue weighted by Gasteiger charge is 2.31. The SMILES string of the molecule is COC(=O)c1cn(S(=O)(=O)c2ccc(F)c(Cl)c2)c2c1CCCc1ccccc1-2. The van der Waals surface area contributed by atoms with Gasteiger partial charge in [-0.3, -0.25) is 0 Å². The lowest BCUT2D eigenvalue weighted by Gasteiger charge is -2.13. The van der Waals surface area contributed by atoms with Crippen LogP contribution in [0.4, 0.5) is 4.39 Å². The molecule has 0 fully saturated rings. The van der Waals surface area contributed by atoms with Crippen LogP contribution in [0.25, 0.3) is 11.3 Å². The van der Waals surface area contributed by atoms with Gasteiger partial charge in [0, 0.05) is 11.8 Å². The maximum atomic E-state index is 13.6. The van der Waals surface area contributed by atoms with Gasteiger partial charge in [-0.2, -0.15) is 0 Å². The van der Waals surface area contributed by atoms with Gasteiger partial charge in [-0.15, -0.1) is 0 Å². The third-order valence-corrected chi connectivity index (χ3v) is 7.02. The second kappa shape index (κ2) is 7.31. The Labute approximate surface area is 172 Å². The fourth-order valence-electron chi connectivity index (χ4n) is 3.71. The summed E-state index contributed by atoms with van der Waals surface area (Å²) in [7, 11) is -2.89. The number of aryl methyl sites for hydroxylation is 1. The third kappa shape index (κ3) is 3.24. The number of nitrogens with zero attached hydrogens (tertiary/aromatic N) is 1. The molecular weight excluding hydrogens is 417 g/mol. The molecule has 0 spiro atoms. The minimum Gasteiger partial charge on any atom is -0.465 e. The van der Waals surface area contributed by atoms with Crippen LogP contribution in [0.1, 0.15) is 27.9 Å². The average molecular weight is 434 g/mol. The van der Waals surface area contributed by atoms with Crippen LogP contribution in [0.15, 0.2) is 53.6 Å². The van der Waals surface area contributed by atoms with E-state index < -0.39 is 21.8 Å². The molecule has 29 heavy (non-hydrogen) atoms. The van der Waals surface area contributed by atoms with E-state index in [0.29, 0.717) is 17.7 Å². The maximum Gasteiger partial charge on any atom is 0.339 e. The molecule has 1 heterocycles. The number of carbonyl (C=O) groups is 1. The largest absolute Gasteiger partial charge is 0.465 e. The van der Waals surface area contributed by atoms with Crippen LogP contribution in [0, 0.1) is 5.82 Å². The van der Waals surface area contributed by atoms with E-state index in [-0.39, 0.29) is 15.5 Å². The fraction of sp³-hybridized carbons (Fsp3) is 0.190. The zero-order valence-corrected chi connectivity index (χ0v) is 17.1. The molecule has 0 bridgehead atoms. The van der Waals surface area contributed by atoms with E-state index in [1.165, 1.54) is 13.3 Å². The van der Waals surface area contributed by atoms with Crippen molar-refractivity contribution in [3.63, 3.8) is 0 Å². The quantitative estimate of drug-likeness (QED) is 0.572. The number of carbonyl (C=O) groups excluding carboxylic acids is 1. The van der Waals surface area contributed by atoms with Crippen LogP contribution in [0.2, 0.25) is 5.02 Å². The molecular formula is C21H17ClFNO4S. The minimum absolute atomic E-state index is 0.167. The number of rotatable bonds is 3. The summed E-state index contributed by atoms with van der Waals surface area (Å²) >= 11 is 5.81. The van der Waals surface area contributed by atoms with Gasteiger partial charge >= 0.3 is 5.97 Å². The molecule has 1 aliphatic carbocycles. The first-order chi connectivity index (χ1) is 13.8. The number of ether oxygens (including phenoxy) is 1. The molecule has 0 amide bonds. The Morgan fingerprint density at radius 3 is 2.66 bits per heavy atom. The maximum absolute atomic E-state index is 13.6. The summed E-state index contributed by atoms with van der Waals surface area (Å²) in [6.07, 6.45) is 3.33. The summed E-state index contributed by atoms with van der Waals surface area (Å²) in [5.74, 6) is -1.32. The molecule has 3 aromatic rings. The second-order valence-corrected chi connectivity index (χ2v) is 8.97. The molecule has 5 nitrogen and oxygen atoms in total. The number of methoxy groups -OCH3 is 1. The Bertz CT molecular complexity index is 1230.